The highest BCUT2D eigenvalue weighted by atomic mass is 79.9. The van der Waals surface area contributed by atoms with Gasteiger partial charge in [0.2, 0.25) is 0 Å². The molecule has 19 heavy (non-hydrogen) atoms. The van der Waals surface area contributed by atoms with Gasteiger partial charge in [0.25, 0.3) is 0 Å². The summed E-state index contributed by atoms with van der Waals surface area (Å²) in [5.74, 6) is -2.00. The van der Waals surface area contributed by atoms with Crippen LogP contribution < -0.4 is 0 Å². The van der Waals surface area contributed by atoms with E-state index in [1.165, 1.54) is 12.1 Å². The summed E-state index contributed by atoms with van der Waals surface area (Å²) in [5, 5.41) is 10.2. The van der Waals surface area contributed by atoms with Crippen molar-refractivity contribution in [3.8, 4) is 0 Å². The molecule has 0 saturated carbocycles. The molecule has 0 aromatic heterocycles. The van der Waals surface area contributed by atoms with E-state index in [0.717, 1.165) is 16.1 Å². The van der Waals surface area contributed by atoms with E-state index in [9.17, 15) is 13.9 Å². The topological polar surface area (TPSA) is 20.2 Å². The van der Waals surface area contributed by atoms with Gasteiger partial charge in [-0.1, -0.05) is 44.0 Å². The quantitative estimate of drug-likeness (QED) is 0.773. The van der Waals surface area contributed by atoms with E-state index >= 15 is 0 Å². The molecule has 2 aromatic carbocycles. The Hall–Kier alpha value is -0.780. The van der Waals surface area contributed by atoms with E-state index in [1.807, 2.05) is 6.92 Å². The molecule has 2 aromatic rings. The van der Waals surface area contributed by atoms with Gasteiger partial charge in [0, 0.05) is 20.1 Å². The molecule has 1 nitrogen and oxygen atoms in total. The molecule has 0 fully saturated rings. The van der Waals surface area contributed by atoms with Crippen molar-refractivity contribution < 1.29 is 13.9 Å². The number of aliphatic hydroxyl groups is 1. The summed E-state index contributed by atoms with van der Waals surface area (Å²) >= 11 is 6.68. The van der Waals surface area contributed by atoms with Crippen LogP contribution in [0.25, 0.3) is 0 Å². The Labute approximate surface area is 126 Å². The summed E-state index contributed by atoms with van der Waals surface area (Å²) in [5.41, 5.74) is 1.36. The standard InChI is InChI=1S/C14H10Br2F2O/c1-7-5-11(16)9(6-10(7)15)14(19)8-3-2-4-12(17)13(8)18/h2-6,14,19H,1H3. The van der Waals surface area contributed by atoms with Gasteiger partial charge in [-0.05, 0) is 30.7 Å². The van der Waals surface area contributed by atoms with Crippen molar-refractivity contribution in [2.24, 2.45) is 0 Å². The Morgan fingerprint density at radius 2 is 1.74 bits per heavy atom. The molecule has 100 valence electrons. The normalized spacial score (nSPS) is 12.5. The monoisotopic (exact) mass is 390 g/mol. The van der Waals surface area contributed by atoms with Crippen LogP contribution in [0, 0.1) is 18.6 Å². The maximum atomic E-state index is 13.7. The van der Waals surface area contributed by atoms with Gasteiger partial charge in [-0.3, -0.25) is 0 Å². The third-order valence-corrected chi connectivity index (χ3v) is 4.39. The molecule has 0 saturated heterocycles. The van der Waals surface area contributed by atoms with E-state index in [1.54, 1.807) is 12.1 Å². The zero-order valence-electron chi connectivity index (χ0n) is 9.92. The first kappa shape index (κ1) is 14.6. The Kier molecular flexibility index (Phi) is 4.38. The minimum atomic E-state index is -1.23. The van der Waals surface area contributed by atoms with Crippen LogP contribution in [0.2, 0.25) is 0 Å². The molecule has 0 heterocycles. The second-order valence-electron chi connectivity index (χ2n) is 4.17. The molecule has 0 bridgehead atoms. The molecule has 1 unspecified atom stereocenters. The van der Waals surface area contributed by atoms with Gasteiger partial charge in [0.1, 0.15) is 6.10 Å². The number of aliphatic hydroxyl groups excluding tert-OH is 1. The highest BCUT2D eigenvalue weighted by molar-refractivity contribution is 9.11. The first-order valence-corrected chi connectivity index (χ1v) is 7.08. The predicted octanol–water partition coefficient (Wildman–Crippen LogP) is 4.88. The molecule has 0 amide bonds. The lowest BCUT2D eigenvalue weighted by Gasteiger charge is -2.15. The number of aryl methyl sites for hydroxylation is 1. The van der Waals surface area contributed by atoms with Crippen molar-refractivity contribution >= 4 is 31.9 Å². The summed E-state index contributed by atoms with van der Waals surface area (Å²) in [7, 11) is 0. The average molecular weight is 392 g/mol. The summed E-state index contributed by atoms with van der Waals surface area (Å²) in [6, 6.07) is 7.25. The zero-order valence-corrected chi connectivity index (χ0v) is 13.1. The van der Waals surface area contributed by atoms with Crippen LogP contribution in [-0.2, 0) is 0 Å². The Morgan fingerprint density at radius 1 is 1.05 bits per heavy atom. The third kappa shape index (κ3) is 2.88. The third-order valence-electron chi connectivity index (χ3n) is 2.85. The van der Waals surface area contributed by atoms with Gasteiger partial charge < -0.3 is 5.11 Å². The van der Waals surface area contributed by atoms with Gasteiger partial charge in [-0.2, -0.15) is 0 Å². The van der Waals surface area contributed by atoms with Gasteiger partial charge in [0.05, 0.1) is 0 Å². The van der Waals surface area contributed by atoms with Gasteiger partial charge in [-0.25, -0.2) is 8.78 Å². The molecule has 0 spiro atoms. The maximum Gasteiger partial charge on any atom is 0.164 e. The van der Waals surface area contributed by atoms with Crippen molar-refractivity contribution in [1.82, 2.24) is 0 Å². The van der Waals surface area contributed by atoms with Crippen molar-refractivity contribution in [2.75, 3.05) is 0 Å². The largest absolute Gasteiger partial charge is 0.384 e. The Balaban J connectivity index is 2.53. The smallest absolute Gasteiger partial charge is 0.164 e. The fourth-order valence-electron chi connectivity index (χ4n) is 1.77. The number of benzene rings is 2. The Morgan fingerprint density at radius 3 is 2.42 bits per heavy atom. The second-order valence-corrected chi connectivity index (χ2v) is 5.88. The van der Waals surface area contributed by atoms with E-state index < -0.39 is 17.7 Å². The van der Waals surface area contributed by atoms with Crippen LogP contribution in [0.3, 0.4) is 0 Å². The lowest BCUT2D eigenvalue weighted by Crippen LogP contribution is -2.05. The first-order valence-electron chi connectivity index (χ1n) is 5.49. The highest BCUT2D eigenvalue weighted by Crippen LogP contribution is 2.34. The number of halogens is 4. The van der Waals surface area contributed by atoms with E-state index in [4.69, 9.17) is 0 Å². The van der Waals surface area contributed by atoms with Crippen LogP contribution in [0.15, 0.2) is 39.3 Å². The van der Waals surface area contributed by atoms with Crippen LogP contribution in [0.1, 0.15) is 22.8 Å². The Bertz CT molecular complexity index is 629. The van der Waals surface area contributed by atoms with Crippen LogP contribution in [0.4, 0.5) is 8.78 Å². The first-order chi connectivity index (χ1) is 8.91. The average Bonchev–Trinajstić information content (AvgIpc) is 2.36. The highest BCUT2D eigenvalue weighted by Gasteiger charge is 2.20. The van der Waals surface area contributed by atoms with Crippen molar-refractivity contribution in [3.05, 3.63) is 67.6 Å². The number of hydrogen-bond acceptors (Lipinski definition) is 1. The summed E-state index contributed by atoms with van der Waals surface area (Å²) in [6.45, 7) is 1.90. The number of rotatable bonds is 2. The number of hydrogen-bond donors (Lipinski definition) is 1. The molecule has 5 heteroatoms. The minimum Gasteiger partial charge on any atom is -0.384 e. The minimum absolute atomic E-state index is 0.0866. The van der Waals surface area contributed by atoms with Crippen molar-refractivity contribution in [3.63, 3.8) is 0 Å². The summed E-state index contributed by atoms with van der Waals surface area (Å²) < 4.78 is 28.3. The second kappa shape index (κ2) is 5.69. The fourth-order valence-corrected chi connectivity index (χ4v) is 2.81. The van der Waals surface area contributed by atoms with Crippen molar-refractivity contribution in [2.45, 2.75) is 13.0 Å². The van der Waals surface area contributed by atoms with Crippen molar-refractivity contribution in [1.29, 1.82) is 0 Å². The lowest BCUT2D eigenvalue weighted by atomic mass is 10.00. The SMILES string of the molecule is Cc1cc(Br)c(C(O)c2cccc(F)c2F)cc1Br. The van der Waals surface area contributed by atoms with E-state index in [2.05, 4.69) is 31.9 Å². The predicted molar refractivity (Wildman–Crippen MR) is 77.0 cm³/mol. The molecule has 1 atom stereocenters. The molecule has 0 aliphatic carbocycles. The lowest BCUT2D eigenvalue weighted by molar-refractivity contribution is 0.212. The maximum absolute atomic E-state index is 13.7. The molecule has 0 aliphatic rings. The molecule has 0 aliphatic heterocycles. The molecule has 0 radical (unpaired) electrons. The van der Waals surface area contributed by atoms with Crippen LogP contribution >= 0.6 is 31.9 Å². The molecular weight excluding hydrogens is 382 g/mol. The van der Waals surface area contributed by atoms with Crippen LogP contribution in [0.5, 0.6) is 0 Å². The summed E-state index contributed by atoms with van der Waals surface area (Å²) in [4.78, 5) is 0. The van der Waals surface area contributed by atoms with Gasteiger partial charge in [-0.15, -0.1) is 0 Å². The summed E-state index contributed by atoms with van der Waals surface area (Å²) in [6.07, 6.45) is -1.23. The van der Waals surface area contributed by atoms with E-state index in [0.29, 0.717) is 10.0 Å². The van der Waals surface area contributed by atoms with E-state index in [-0.39, 0.29) is 5.56 Å². The zero-order chi connectivity index (χ0) is 14.2. The fraction of sp³-hybridized carbons (Fsp3) is 0.143. The molecular formula is C14H10Br2F2O. The molecule has 1 N–H and O–H groups in total. The van der Waals surface area contributed by atoms with Gasteiger partial charge >= 0.3 is 0 Å². The van der Waals surface area contributed by atoms with Gasteiger partial charge in [0.15, 0.2) is 11.6 Å². The molecule has 2 rings (SSSR count). The van der Waals surface area contributed by atoms with Crippen LogP contribution in [-0.4, -0.2) is 5.11 Å².